The molecule has 0 radical (unpaired) electrons. The van der Waals surface area contributed by atoms with Gasteiger partial charge in [-0.1, -0.05) is 41.1 Å². The molecule has 1 saturated heterocycles. The van der Waals surface area contributed by atoms with Gasteiger partial charge in [-0.25, -0.2) is 0 Å². The maximum Gasteiger partial charge on any atom is 0.0734 e. The Bertz CT molecular complexity index is 380. The zero-order chi connectivity index (χ0) is 12.3. The molecule has 0 aliphatic carbocycles. The lowest BCUT2D eigenvalue weighted by Crippen LogP contribution is -2.42. The molecule has 0 amide bonds. The van der Waals surface area contributed by atoms with Crippen molar-refractivity contribution in [3.8, 4) is 0 Å². The molecular formula is C14H19BrO2. The fraction of sp³-hybridized carbons (Fsp3) is 0.571. The number of hydrogen-bond donors (Lipinski definition) is 1. The molecule has 1 N–H and O–H groups in total. The molecule has 0 saturated carbocycles. The normalized spacial score (nSPS) is 29.2. The third-order valence-corrected chi connectivity index (χ3v) is 4.23. The second-order valence-electron chi connectivity index (χ2n) is 4.85. The first-order chi connectivity index (χ1) is 8.13. The fourth-order valence-corrected chi connectivity index (χ4v) is 2.84. The van der Waals surface area contributed by atoms with E-state index in [4.69, 9.17) is 4.74 Å². The number of benzene rings is 1. The molecule has 1 heterocycles. The van der Waals surface area contributed by atoms with E-state index in [-0.39, 0.29) is 6.10 Å². The minimum Gasteiger partial charge on any atom is -0.389 e. The summed E-state index contributed by atoms with van der Waals surface area (Å²) in [6.07, 6.45) is 3.35. The van der Waals surface area contributed by atoms with E-state index in [1.807, 2.05) is 18.2 Å². The van der Waals surface area contributed by atoms with E-state index in [0.717, 1.165) is 23.7 Å². The van der Waals surface area contributed by atoms with Crippen LogP contribution in [0.2, 0.25) is 0 Å². The third-order valence-electron chi connectivity index (χ3n) is 3.46. The van der Waals surface area contributed by atoms with Gasteiger partial charge in [0.1, 0.15) is 0 Å². The van der Waals surface area contributed by atoms with Crippen LogP contribution in [-0.2, 0) is 11.2 Å². The Morgan fingerprint density at radius 3 is 2.94 bits per heavy atom. The summed E-state index contributed by atoms with van der Waals surface area (Å²) in [5.41, 5.74) is 0.565. The largest absolute Gasteiger partial charge is 0.389 e. The summed E-state index contributed by atoms with van der Waals surface area (Å²) in [7, 11) is 0. The van der Waals surface area contributed by atoms with Crippen LogP contribution in [0.5, 0.6) is 0 Å². The lowest BCUT2D eigenvalue weighted by molar-refractivity contribution is -0.103. The summed E-state index contributed by atoms with van der Waals surface area (Å²) in [6.45, 7) is 2.77. The molecule has 94 valence electrons. The van der Waals surface area contributed by atoms with Gasteiger partial charge in [0.2, 0.25) is 0 Å². The maximum atomic E-state index is 10.6. The minimum atomic E-state index is -0.608. The Morgan fingerprint density at radius 1 is 1.47 bits per heavy atom. The molecular weight excluding hydrogens is 280 g/mol. The van der Waals surface area contributed by atoms with Crippen LogP contribution >= 0.6 is 15.9 Å². The van der Waals surface area contributed by atoms with Crippen molar-refractivity contribution >= 4 is 15.9 Å². The SMILES string of the molecule is CCC1CC(O)(Cc2ccccc2Br)CCO1. The molecule has 1 aromatic carbocycles. The van der Waals surface area contributed by atoms with Crippen molar-refractivity contribution in [3.63, 3.8) is 0 Å². The Balaban J connectivity index is 2.09. The summed E-state index contributed by atoms with van der Waals surface area (Å²) in [6, 6.07) is 8.10. The zero-order valence-corrected chi connectivity index (χ0v) is 11.7. The van der Waals surface area contributed by atoms with E-state index in [9.17, 15) is 5.11 Å². The number of hydrogen-bond acceptors (Lipinski definition) is 2. The van der Waals surface area contributed by atoms with Crippen LogP contribution in [0.1, 0.15) is 31.7 Å². The zero-order valence-electron chi connectivity index (χ0n) is 10.2. The van der Waals surface area contributed by atoms with Gasteiger partial charge in [-0.15, -0.1) is 0 Å². The highest BCUT2D eigenvalue weighted by Gasteiger charge is 2.34. The highest BCUT2D eigenvalue weighted by atomic mass is 79.9. The van der Waals surface area contributed by atoms with Gasteiger partial charge in [0.05, 0.1) is 11.7 Å². The first-order valence-electron chi connectivity index (χ1n) is 6.20. The molecule has 0 spiro atoms. The third kappa shape index (κ3) is 3.30. The van der Waals surface area contributed by atoms with Gasteiger partial charge in [-0.3, -0.25) is 0 Å². The standard InChI is InChI=1S/C14H19BrO2/c1-2-12-10-14(16,7-8-17-12)9-11-5-3-4-6-13(11)15/h3-6,12,16H,2,7-10H2,1H3. The van der Waals surface area contributed by atoms with Crippen LogP contribution in [-0.4, -0.2) is 23.4 Å². The molecule has 3 heteroatoms. The van der Waals surface area contributed by atoms with Crippen molar-refractivity contribution < 1.29 is 9.84 Å². The summed E-state index contributed by atoms with van der Waals surface area (Å²) < 4.78 is 6.70. The van der Waals surface area contributed by atoms with Crippen LogP contribution < -0.4 is 0 Å². The summed E-state index contributed by atoms with van der Waals surface area (Å²) in [5, 5.41) is 10.6. The minimum absolute atomic E-state index is 0.205. The Kier molecular flexibility index (Phi) is 4.23. The molecule has 2 unspecified atom stereocenters. The Labute approximate surface area is 111 Å². The lowest BCUT2D eigenvalue weighted by Gasteiger charge is -2.37. The van der Waals surface area contributed by atoms with Crippen LogP contribution in [0.15, 0.2) is 28.7 Å². The van der Waals surface area contributed by atoms with Crippen molar-refractivity contribution in [2.45, 2.75) is 44.3 Å². The Hall–Kier alpha value is -0.380. The fourth-order valence-electron chi connectivity index (χ4n) is 2.42. The maximum absolute atomic E-state index is 10.6. The number of ether oxygens (including phenoxy) is 1. The molecule has 0 aromatic heterocycles. The van der Waals surface area contributed by atoms with Crippen molar-refractivity contribution in [2.24, 2.45) is 0 Å². The van der Waals surface area contributed by atoms with Crippen molar-refractivity contribution in [2.75, 3.05) is 6.61 Å². The van der Waals surface area contributed by atoms with Gasteiger partial charge in [-0.05, 0) is 24.5 Å². The summed E-state index contributed by atoms with van der Waals surface area (Å²) in [5.74, 6) is 0. The highest BCUT2D eigenvalue weighted by molar-refractivity contribution is 9.10. The summed E-state index contributed by atoms with van der Waals surface area (Å²) in [4.78, 5) is 0. The molecule has 17 heavy (non-hydrogen) atoms. The average Bonchev–Trinajstić information content (AvgIpc) is 2.32. The predicted octanol–water partition coefficient (Wildman–Crippen LogP) is 3.31. The topological polar surface area (TPSA) is 29.5 Å². The molecule has 2 rings (SSSR count). The van der Waals surface area contributed by atoms with E-state index >= 15 is 0 Å². The van der Waals surface area contributed by atoms with Crippen LogP contribution in [0.3, 0.4) is 0 Å². The number of aliphatic hydroxyl groups is 1. The van der Waals surface area contributed by atoms with Crippen molar-refractivity contribution in [1.82, 2.24) is 0 Å². The van der Waals surface area contributed by atoms with Crippen molar-refractivity contribution in [3.05, 3.63) is 34.3 Å². The second-order valence-corrected chi connectivity index (χ2v) is 5.70. The molecule has 2 nitrogen and oxygen atoms in total. The smallest absolute Gasteiger partial charge is 0.0734 e. The molecule has 2 atom stereocenters. The van der Waals surface area contributed by atoms with E-state index in [1.165, 1.54) is 5.56 Å². The van der Waals surface area contributed by atoms with E-state index < -0.39 is 5.60 Å². The quantitative estimate of drug-likeness (QED) is 0.928. The van der Waals surface area contributed by atoms with Crippen LogP contribution in [0.4, 0.5) is 0 Å². The molecule has 1 fully saturated rings. The van der Waals surface area contributed by atoms with Gasteiger partial charge in [0.25, 0.3) is 0 Å². The van der Waals surface area contributed by atoms with Gasteiger partial charge < -0.3 is 9.84 Å². The first kappa shape index (κ1) is 13.1. The van der Waals surface area contributed by atoms with E-state index in [1.54, 1.807) is 0 Å². The number of rotatable bonds is 3. The van der Waals surface area contributed by atoms with Gasteiger partial charge >= 0.3 is 0 Å². The molecule has 1 aromatic rings. The second kappa shape index (κ2) is 5.51. The van der Waals surface area contributed by atoms with E-state index in [0.29, 0.717) is 13.0 Å². The molecule has 1 aliphatic heterocycles. The lowest BCUT2D eigenvalue weighted by atomic mass is 9.84. The monoisotopic (exact) mass is 298 g/mol. The predicted molar refractivity (Wildman–Crippen MR) is 72.1 cm³/mol. The van der Waals surface area contributed by atoms with Gasteiger partial charge in [0, 0.05) is 23.9 Å². The van der Waals surface area contributed by atoms with Gasteiger partial charge in [0.15, 0.2) is 0 Å². The first-order valence-corrected chi connectivity index (χ1v) is 7.00. The van der Waals surface area contributed by atoms with Crippen molar-refractivity contribution in [1.29, 1.82) is 0 Å². The highest BCUT2D eigenvalue weighted by Crippen LogP contribution is 2.31. The molecule has 0 bridgehead atoms. The Morgan fingerprint density at radius 2 is 2.24 bits per heavy atom. The average molecular weight is 299 g/mol. The van der Waals surface area contributed by atoms with E-state index in [2.05, 4.69) is 28.9 Å². The summed E-state index contributed by atoms with van der Waals surface area (Å²) >= 11 is 3.54. The van der Waals surface area contributed by atoms with Gasteiger partial charge in [-0.2, -0.15) is 0 Å². The van der Waals surface area contributed by atoms with Crippen LogP contribution in [0.25, 0.3) is 0 Å². The van der Waals surface area contributed by atoms with Crippen LogP contribution in [0, 0.1) is 0 Å². The molecule has 1 aliphatic rings. The number of halogens is 1.